The van der Waals surface area contributed by atoms with Gasteiger partial charge in [0.1, 0.15) is 11.6 Å². The number of hydrogen-bond acceptors (Lipinski definition) is 4. The lowest BCUT2D eigenvalue weighted by Gasteiger charge is -2.36. The van der Waals surface area contributed by atoms with Gasteiger partial charge in [0.05, 0.1) is 6.61 Å². The molecule has 0 saturated carbocycles. The van der Waals surface area contributed by atoms with Gasteiger partial charge in [-0.05, 0) is 39.5 Å². The van der Waals surface area contributed by atoms with E-state index in [1.54, 1.807) is 0 Å². The van der Waals surface area contributed by atoms with Crippen molar-refractivity contribution in [3.63, 3.8) is 0 Å². The zero-order valence-corrected chi connectivity index (χ0v) is 13.3. The quantitative estimate of drug-likeness (QED) is 0.777. The van der Waals surface area contributed by atoms with Crippen molar-refractivity contribution >= 4 is 21.7 Å². The van der Waals surface area contributed by atoms with Gasteiger partial charge in [-0.25, -0.2) is 4.98 Å². The Labute approximate surface area is 123 Å². The van der Waals surface area contributed by atoms with Gasteiger partial charge in [0.25, 0.3) is 0 Å². The average molecular weight is 328 g/mol. The summed E-state index contributed by atoms with van der Waals surface area (Å²) in [6.07, 6.45) is 4.97. The Kier molecular flexibility index (Phi) is 5.43. The summed E-state index contributed by atoms with van der Waals surface area (Å²) < 4.78 is 5.53. The van der Waals surface area contributed by atoms with E-state index in [1.165, 1.54) is 19.3 Å². The minimum atomic E-state index is 0.580. The zero-order valence-electron chi connectivity index (χ0n) is 11.7. The van der Waals surface area contributed by atoms with E-state index < -0.39 is 0 Å². The normalized spacial score (nSPS) is 19.5. The van der Waals surface area contributed by atoms with Crippen LogP contribution < -0.4 is 9.64 Å². The molecule has 0 N–H and O–H groups in total. The maximum atomic E-state index is 5.53. The molecule has 0 aliphatic carbocycles. The van der Waals surface area contributed by atoms with Crippen molar-refractivity contribution in [1.29, 1.82) is 0 Å². The van der Waals surface area contributed by atoms with E-state index in [9.17, 15) is 0 Å². The van der Waals surface area contributed by atoms with Crippen LogP contribution in [0.4, 0.5) is 5.82 Å². The van der Waals surface area contributed by atoms with E-state index in [0.29, 0.717) is 18.5 Å². The van der Waals surface area contributed by atoms with Crippen LogP contribution in [0.1, 0.15) is 38.4 Å². The van der Waals surface area contributed by atoms with Gasteiger partial charge in [0.2, 0.25) is 5.88 Å². The maximum Gasteiger partial charge on any atom is 0.218 e. The molecular formula is C14H22BrN3O. The molecule has 106 valence electrons. The highest BCUT2D eigenvalue weighted by molar-refractivity contribution is 9.09. The molecule has 1 aliphatic rings. The molecule has 1 unspecified atom stereocenters. The Hall–Kier alpha value is -0.840. The Morgan fingerprint density at radius 2 is 2.26 bits per heavy atom. The molecule has 4 nitrogen and oxygen atoms in total. The molecule has 1 fully saturated rings. The topological polar surface area (TPSA) is 38.2 Å². The van der Waals surface area contributed by atoms with Gasteiger partial charge in [-0.3, -0.25) is 0 Å². The highest BCUT2D eigenvalue weighted by Crippen LogP contribution is 2.27. The van der Waals surface area contributed by atoms with Gasteiger partial charge in [0.15, 0.2) is 0 Å². The summed E-state index contributed by atoms with van der Waals surface area (Å²) in [4.78, 5) is 11.3. The lowest BCUT2D eigenvalue weighted by molar-refractivity contribution is 0.325. The predicted octanol–water partition coefficient (Wildman–Crippen LogP) is 3.33. The van der Waals surface area contributed by atoms with Crippen LogP contribution in [0.15, 0.2) is 6.07 Å². The number of aromatic nitrogens is 2. The van der Waals surface area contributed by atoms with Crippen LogP contribution in [0.3, 0.4) is 0 Å². The molecule has 0 spiro atoms. The Bertz CT molecular complexity index is 412. The van der Waals surface area contributed by atoms with Crippen LogP contribution in [0.5, 0.6) is 5.88 Å². The van der Waals surface area contributed by atoms with Crippen molar-refractivity contribution in [1.82, 2.24) is 9.97 Å². The third-order valence-corrected chi connectivity index (χ3v) is 3.91. The number of ether oxygens (including phenoxy) is 1. The summed E-state index contributed by atoms with van der Waals surface area (Å²) in [7, 11) is 0. The lowest BCUT2D eigenvalue weighted by Crippen LogP contribution is -2.40. The minimum absolute atomic E-state index is 0.580. The van der Waals surface area contributed by atoms with E-state index >= 15 is 0 Å². The number of aryl methyl sites for hydroxylation is 1. The first-order valence-electron chi connectivity index (χ1n) is 7.05. The molecule has 1 saturated heterocycles. The van der Waals surface area contributed by atoms with E-state index in [-0.39, 0.29) is 0 Å². The van der Waals surface area contributed by atoms with Crippen molar-refractivity contribution in [3.05, 3.63) is 11.9 Å². The highest BCUT2D eigenvalue weighted by Gasteiger charge is 2.23. The number of anilines is 1. The maximum absolute atomic E-state index is 5.53. The predicted molar refractivity (Wildman–Crippen MR) is 81.3 cm³/mol. The first-order chi connectivity index (χ1) is 9.24. The average Bonchev–Trinajstić information content (AvgIpc) is 2.39. The van der Waals surface area contributed by atoms with Crippen LogP contribution in [0.2, 0.25) is 0 Å². The monoisotopic (exact) mass is 327 g/mol. The summed E-state index contributed by atoms with van der Waals surface area (Å²) in [5.74, 6) is 2.49. The van der Waals surface area contributed by atoms with Gasteiger partial charge in [0, 0.05) is 24.0 Å². The van der Waals surface area contributed by atoms with Crippen LogP contribution in [-0.2, 0) is 0 Å². The Morgan fingerprint density at radius 1 is 1.42 bits per heavy atom. The van der Waals surface area contributed by atoms with E-state index in [4.69, 9.17) is 4.74 Å². The van der Waals surface area contributed by atoms with Gasteiger partial charge >= 0.3 is 0 Å². The first-order valence-corrected chi connectivity index (χ1v) is 8.17. The Balaban J connectivity index is 2.22. The minimum Gasteiger partial charge on any atom is -0.478 e. The van der Waals surface area contributed by atoms with Crippen molar-refractivity contribution in [2.75, 3.05) is 23.4 Å². The summed E-state index contributed by atoms with van der Waals surface area (Å²) in [5.41, 5.74) is 0. The molecule has 1 atom stereocenters. The molecule has 1 aliphatic heterocycles. The molecule has 5 heteroatoms. The molecule has 2 rings (SSSR count). The second-order valence-corrected chi connectivity index (χ2v) is 5.66. The lowest BCUT2D eigenvalue weighted by atomic mass is 10.00. The summed E-state index contributed by atoms with van der Waals surface area (Å²) in [6.45, 7) is 5.63. The number of rotatable bonds is 5. The second kappa shape index (κ2) is 7.08. The van der Waals surface area contributed by atoms with E-state index in [2.05, 4.69) is 30.8 Å². The fourth-order valence-corrected chi connectivity index (χ4v) is 3.15. The number of hydrogen-bond donors (Lipinski definition) is 0. The van der Waals surface area contributed by atoms with E-state index in [0.717, 1.165) is 29.9 Å². The summed E-state index contributed by atoms with van der Waals surface area (Å²) >= 11 is 3.55. The number of nitrogens with zero attached hydrogens (tertiary/aromatic N) is 3. The summed E-state index contributed by atoms with van der Waals surface area (Å²) in [5, 5.41) is 1.04. The highest BCUT2D eigenvalue weighted by atomic mass is 79.9. The Morgan fingerprint density at radius 3 is 3.00 bits per heavy atom. The molecule has 0 amide bonds. The standard InChI is InChI=1S/C14H22BrN3O/c1-3-19-14-10-13(16-11(2)17-14)18-9-5-4-6-12(18)7-8-15/h10,12H,3-9H2,1-2H3. The molecule has 1 aromatic heterocycles. The first kappa shape index (κ1) is 14.6. The largest absolute Gasteiger partial charge is 0.478 e. The fourth-order valence-electron chi connectivity index (χ4n) is 2.62. The van der Waals surface area contributed by atoms with Gasteiger partial charge in [-0.15, -0.1) is 0 Å². The van der Waals surface area contributed by atoms with Crippen molar-refractivity contribution in [2.45, 2.75) is 45.6 Å². The van der Waals surface area contributed by atoms with E-state index in [1.807, 2.05) is 19.9 Å². The van der Waals surface area contributed by atoms with Crippen LogP contribution in [0.25, 0.3) is 0 Å². The third kappa shape index (κ3) is 3.81. The van der Waals surface area contributed by atoms with Crippen LogP contribution in [0, 0.1) is 6.92 Å². The fraction of sp³-hybridized carbons (Fsp3) is 0.714. The third-order valence-electron chi connectivity index (χ3n) is 3.46. The summed E-state index contributed by atoms with van der Waals surface area (Å²) in [6, 6.07) is 2.56. The SMILES string of the molecule is CCOc1cc(N2CCCCC2CCBr)nc(C)n1. The van der Waals surface area contributed by atoms with Crippen LogP contribution in [-0.4, -0.2) is 34.5 Å². The van der Waals surface area contributed by atoms with Crippen LogP contribution >= 0.6 is 15.9 Å². The number of halogens is 1. The van der Waals surface area contributed by atoms with Gasteiger partial charge in [-0.1, -0.05) is 15.9 Å². The van der Waals surface area contributed by atoms with Crippen molar-refractivity contribution < 1.29 is 4.74 Å². The number of piperidine rings is 1. The molecule has 0 bridgehead atoms. The van der Waals surface area contributed by atoms with Crippen molar-refractivity contribution in [2.24, 2.45) is 0 Å². The zero-order chi connectivity index (χ0) is 13.7. The molecule has 1 aromatic rings. The molecular weight excluding hydrogens is 306 g/mol. The molecule has 0 radical (unpaired) electrons. The van der Waals surface area contributed by atoms with Crippen molar-refractivity contribution in [3.8, 4) is 5.88 Å². The molecule has 0 aromatic carbocycles. The number of alkyl halides is 1. The smallest absolute Gasteiger partial charge is 0.218 e. The molecule has 19 heavy (non-hydrogen) atoms. The molecule has 2 heterocycles. The van der Waals surface area contributed by atoms with Gasteiger partial charge in [-0.2, -0.15) is 4.98 Å². The second-order valence-electron chi connectivity index (χ2n) is 4.87. The van der Waals surface area contributed by atoms with Gasteiger partial charge < -0.3 is 9.64 Å².